The molecule has 0 aromatic rings. The molecule has 1 rings (SSSR count). The molecule has 0 saturated carbocycles. The van der Waals surface area contributed by atoms with Crippen LogP contribution >= 0.6 is 0 Å². The van der Waals surface area contributed by atoms with Gasteiger partial charge in [0.05, 0.1) is 6.61 Å². The van der Waals surface area contributed by atoms with Crippen LogP contribution in [0.4, 0.5) is 0 Å². The fourth-order valence-corrected chi connectivity index (χ4v) is 1.46. The quantitative estimate of drug-likeness (QED) is 0.376. The number of allylic oxidation sites excluding steroid dienone is 1. The van der Waals surface area contributed by atoms with Gasteiger partial charge in [0.1, 0.15) is 0 Å². The summed E-state index contributed by atoms with van der Waals surface area (Å²) in [5.74, 6) is -0.717. The van der Waals surface area contributed by atoms with Gasteiger partial charge in [-0.15, -0.1) is 6.58 Å². The molecule has 0 spiro atoms. The summed E-state index contributed by atoms with van der Waals surface area (Å²) in [4.78, 5) is 24.5. The molecular weight excluding hydrogens is 193 g/mol. The number of morpholine rings is 1. The standard InChI is InChI=1S/C10H14BNO3/c1-3-4-5-8(13)10(2)9(14)12(11)6-7-15-10/h3H,1,4-7H2,2H3. The van der Waals surface area contributed by atoms with Crippen molar-refractivity contribution < 1.29 is 14.3 Å². The van der Waals surface area contributed by atoms with Crippen molar-refractivity contribution in [3.05, 3.63) is 12.7 Å². The number of Topliss-reactive ketones (excluding diaryl/α,β-unsaturated/α-hetero) is 1. The lowest BCUT2D eigenvalue weighted by Gasteiger charge is -2.36. The van der Waals surface area contributed by atoms with Crippen molar-refractivity contribution in [3.63, 3.8) is 0 Å². The van der Waals surface area contributed by atoms with Crippen LogP contribution in [-0.4, -0.2) is 43.2 Å². The van der Waals surface area contributed by atoms with Crippen LogP contribution in [0.5, 0.6) is 0 Å². The molecule has 1 heterocycles. The van der Waals surface area contributed by atoms with Gasteiger partial charge in [-0.2, -0.15) is 0 Å². The number of carbonyl (C=O) groups excluding carboxylic acids is 2. The van der Waals surface area contributed by atoms with Crippen LogP contribution in [0, 0.1) is 0 Å². The highest BCUT2D eigenvalue weighted by molar-refractivity contribution is 6.21. The summed E-state index contributed by atoms with van der Waals surface area (Å²) in [7, 11) is 5.45. The van der Waals surface area contributed by atoms with Crippen LogP contribution in [0.15, 0.2) is 12.7 Å². The number of carbonyl (C=O) groups is 2. The summed E-state index contributed by atoms with van der Waals surface area (Å²) >= 11 is 0. The van der Waals surface area contributed by atoms with Crippen molar-refractivity contribution in [2.75, 3.05) is 13.2 Å². The Labute approximate surface area is 90.7 Å². The number of nitrogens with zero attached hydrogens (tertiary/aromatic N) is 1. The van der Waals surface area contributed by atoms with Gasteiger partial charge in [0.25, 0.3) is 0 Å². The lowest BCUT2D eigenvalue weighted by molar-refractivity contribution is -0.169. The molecule has 4 nitrogen and oxygen atoms in total. The number of hydrogen-bond acceptors (Lipinski definition) is 3. The maximum absolute atomic E-state index is 11.8. The van der Waals surface area contributed by atoms with E-state index in [0.717, 1.165) is 4.81 Å². The number of rotatable bonds is 4. The average molecular weight is 207 g/mol. The van der Waals surface area contributed by atoms with E-state index < -0.39 is 11.5 Å². The Bertz CT molecular complexity index is 292. The van der Waals surface area contributed by atoms with Crippen molar-refractivity contribution in [1.29, 1.82) is 0 Å². The van der Waals surface area contributed by atoms with E-state index >= 15 is 0 Å². The van der Waals surface area contributed by atoms with E-state index in [-0.39, 0.29) is 12.2 Å². The topological polar surface area (TPSA) is 46.6 Å². The Morgan fingerprint density at radius 2 is 2.47 bits per heavy atom. The molecule has 0 aliphatic carbocycles. The van der Waals surface area contributed by atoms with Gasteiger partial charge in [0.15, 0.2) is 5.78 Å². The predicted octanol–water partition coefficient (Wildman–Crippen LogP) is 0.223. The van der Waals surface area contributed by atoms with Gasteiger partial charge >= 0.3 is 0 Å². The second-order valence-electron chi connectivity index (χ2n) is 3.63. The van der Waals surface area contributed by atoms with Crippen molar-refractivity contribution in [1.82, 2.24) is 4.81 Å². The molecule has 15 heavy (non-hydrogen) atoms. The third-order valence-electron chi connectivity index (χ3n) is 2.50. The van der Waals surface area contributed by atoms with Gasteiger partial charge < -0.3 is 9.55 Å². The van der Waals surface area contributed by atoms with Crippen molar-refractivity contribution >= 4 is 19.7 Å². The second kappa shape index (κ2) is 4.62. The van der Waals surface area contributed by atoms with Crippen LogP contribution in [-0.2, 0) is 14.3 Å². The molecule has 1 aliphatic rings. The lowest BCUT2D eigenvalue weighted by Crippen LogP contribution is -2.58. The van der Waals surface area contributed by atoms with Crippen molar-refractivity contribution in [2.45, 2.75) is 25.4 Å². The Balaban J connectivity index is 2.75. The highest BCUT2D eigenvalue weighted by Gasteiger charge is 2.45. The van der Waals surface area contributed by atoms with E-state index in [4.69, 9.17) is 12.7 Å². The summed E-state index contributed by atoms with van der Waals surface area (Å²) in [6.45, 7) is 5.61. The van der Waals surface area contributed by atoms with Crippen LogP contribution in [0.25, 0.3) is 0 Å². The van der Waals surface area contributed by atoms with Gasteiger partial charge in [-0.05, 0) is 13.3 Å². The van der Waals surface area contributed by atoms with Gasteiger partial charge in [-0.3, -0.25) is 9.59 Å². The first-order chi connectivity index (χ1) is 7.02. The van der Waals surface area contributed by atoms with Crippen LogP contribution in [0.2, 0.25) is 0 Å². The summed E-state index contributed by atoms with van der Waals surface area (Å²) in [6, 6.07) is 0. The average Bonchev–Trinajstić information content (AvgIpc) is 2.22. The van der Waals surface area contributed by atoms with Crippen LogP contribution < -0.4 is 0 Å². The zero-order chi connectivity index (χ0) is 11.5. The van der Waals surface area contributed by atoms with E-state index in [0.29, 0.717) is 19.6 Å². The van der Waals surface area contributed by atoms with Gasteiger partial charge in [-0.1, -0.05) is 6.08 Å². The van der Waals surface area contributed by atoms with Crippen LogP contribution in [0.1, 0.15) is 19.8 Å². The molecule has 2 radical (unpaired) electrons. The lowest BCUT2D eigenvalue weighted by atomic mass is 9.92. The fraction of sp³-hybridized carbons (Fsp3) is 0.600. The smallest absolute Gasteiger partial charge is 0.249 e. The summed E-state index contributed by atoms with van der Waals surface area (Å²) in [5.41, 5.74) is -1.41. The molecule has 5 heteroatoms. The third kappa shape index (κ3) is 2.29. The number of ketones is 1. The first kappa shape index (κ1) is 12.0. The predicted molar refractivity (Wildman–Crippen MR) is 56.3 cm³/mol. The monoisotopic (exact) mass is 207 g/mol. The summed E-state index contributed by atoms with van der Waals surface area (Å²) in [6.07, 6.45) is 2.42. The van der Waals surface area contributed by atoms with Gasteiger partial charge in [0, 0.05) is 13.0 Å². The molecule has 1 aliphatic heterocycles. The molecule has 0 aromatic carbocycles. The molecule has 1 fully saturated rings. The number of ether oxygens (including phenoxy) is 1. The number of hydrogen-bond donors (Lipinski definition) is 0. The zero-order valence-corrected chi connectivity index (χ0v) is 8.86. The van der Waals surface area contributed by atoms with Gasteiger partial charge in [0.2, 0.25) is 19.5 Å². The molecule has 1 saturated heterocycles. The minimum atomic E-state index is -1.41. The van der Waals surface area contributed by atoms with E-state index in [1.54, 1.807) is 6.08 Å². The summed E-state index contributed by atoms with van der Waals surface area (Å²) < 4.78 is 5.25. The first-order valence-electron chi connectivity index (χ1n) is 4.87. The minimum Gasteiger partial charge on any atom is -0.392 e. The maximum Gasteiger partial charge on any atom is 0.249 e. The van der Waals surface area contributed by atoms with Crippen molar-refractivity contribution in [2.24, 2.45) is 0 Å². The van der Waals surface area contributed by atoms with E-state index in [1.807, 2.05) is 0 Å². The Morgan fingerprint density at radius 3 is 3.07 bits per heavy atom. The van der Waals surface area contributed by atoms with E-state index in [9.17, 15) is 9.59 Å². The Morgan fingerprint density at radius 1 is 1.80 bits per heavy atom. The highest BCUT2D eigenvalue weighted by Crippen LogP contribution is 2.21. The zero-order valence-electron chi connectivity index (χ0n) is 8.86. The molecule has 0 aromatic heterocycles. The summed E-state index contributed by atoms with van der Waals surface area (Å²) in [5, 5.41) is 0. The van der Waals surface area contributed by atoms with E-state index in [1.165, 1.54) is 6.92 Å². The van der Waals surface area contributed by atoms with Gasteiger partial charge in [-0.25, -0.2) is 0 Å². The second-order valence-corrected chi connectivity index (χ2v) is 3.63. The molecule has 80 valence electrons. The maximum atomic E-state index is 11.8. The molecule has 0 N–H and O–H groups in total. The normalized spacial score (nSPS) is 26.5. The third-order valence-corrected chi connectivity index (χ3v) is 2.50. The molecule has 0 bridgehead atoms. The molecule has 1 amide bonds. The van der Waals surface area contributed by atoms with E-state index in [2.05, 4.69) is 6.58 Å². The molecule has 1 unspecified atom stereocenters. The molecular formula is C10H14BNO3. The molecule has 1 atom stereocenters. The Hall–Kier alpha value is -1.10. The largest absolute Gasteiger partial charge is 0.392 e. The highest BCUT2D eigenvalue weighted by atomic mass is 16.5. The SMILES string of the molecule is [B]N1CCOC(C)(C(=O)CCC=C)C1=O. The first-order valence-corrected chi connectivity index (χ1v) is 4.87. The van der Waals surface area contributed by atoms with Crippen molar-refractivity contribution in [3.8, 4) is 0 Å². The minimum absolute atomic E-state index is 0.248. The van der Waals surface area contributed by atoms with Crippen LogP contribution in [0.3, 0.4) is 0 Å². The fourth-order valence-electron chi connectivity index (χ4n) is 1.46. The number of amides is 1. The Kier molecular flexibility index (Phi) is 3.69.